The van der Waals surface area contributed by atoms with E-state index in [0.717, 1.165) is 31.7 Å². The monoisotopic (exact) mass is 267 g/mol. The van der Waals surface area contributed by atoms with Gasteiger partial charge in [-0.3, -0.25) is 0 Å². The Morgan fingerprint density at radius 1 is 1.37 bits per heavy atom. The number of benzene rings is 1. The summed E-state index contributed by atoms with van der Waals surface area (Å²) in [7, 11) is 0. The molecule has 2 atom stereocenters. The summed E-state index contributed by atoms with van der Waals surface area (Å²) < 4.78 is 13.5. The van der Waals surface area contributed by atoms with Gasteiger partial charge in [0.1, 0.15) is 11.4 Å². The number of aliphatic hydroxyl groups is 1. The molecule has 1 aromatic carbocycles. The van der Waals surface area contributed by atoms with Gasteiger partial charge in [-0.2, -0.15) is 0 Å². The van der Waals surface area contributed by atoms with Crippen LogP contribution in [0.5, 0.6) is 0 Å². The molecule has 0 saturated heterocycles. The predicted molar refractivity (Wildman–Crippen MR) is 69.8 cm³/mol. The molecule has 2 rings (SSSR count). The topological polar surface area (TPSA) is 69.6 Å². The number of halogens is 1. The van der Waals surface area contributed by atoms with Crippen molar-refractivity contribution in [1.82, 2.24) is 0 Å². The first kappa shape index (κ1) is 13.8. The van der Waals surface area contributed by atoms with E-state index >= 15 is 0 Å². The van der Waals surface area contributed by atoms with Crippen LogP contribution in [0.15, 0.2) is 18.2 Å². The predicted octanol–water partition coefficient (Wildman–Crippen LogP) is 2.49. The van der Waals surface area contributed by atoms with Gasteiger partial charge in [0.05, 0.1) is 11.8 Å². The van der Waals surface area contributed by atoms with Gasteiger partial charge >= 0.3 is 5.97 Å². The van der Waals surface area contributed by atoms with Crippen LogP contribution >= 0.6 is 0 Å². The number of rotatable bonds is 4. The molecule has 1 aliphatic carbocycles. The van der Waals surface area contributed by atoms with Crippen LogP contribution in [-0.2, 0) is 0 Å². The van der Waals surface area contributed by atoms with Crippen LogP contribution in [0.2, 0.25) is 0 Å². The maximum absolute atomic E-state index is 13.5. The van der Waals surface area contributed by atoms with Crippen molar-refractivity contribution in [3.8, 4) is 0 Å². The second kappa shape index (κ2) is 6.02. The lowest BCUT2D eigenvalue weighted by Gasteiger charge is -2.28. The first-order valence-corrected chi connectivity index (χ1v) is 6.53. The van der Waals surface area contributed by atoms with Crippen molar-refractivity contribution in [1.29, 1.82) is 0 Å². The van der Waals surface area contributed by atoms with E-state index in [1.165, 1.54) is 6.07 Å². The SMILES string of the molecule is O=C(O)c1c(F)cccc1NCC1CCCCC1O. The molecule has 0 radical (unpaired) electrons. The van der Waals surface area contributed by atoms with Crippen molar-refractivity contribution in [2.75, 3.05) is 11.9 Å². The molecule has 19 heavy (non-hydrogen) atoms. The van der Waals surface area contributed by atoms with Gasteiger partial charge in [0, 0.05) is 12.5 Å². The number of carboxylic acids is 1. The largest absolute Gasteiger partial charge is 0.478 e. The van der Waals surface area contributed by atoms with Crippen LogP contribution in [0.3, 0.4) is 0 Å². The van der Waals surface area contributed by atoms with E-state index in [4.69, 9.17) is 5.11 Å². The molecule has 1 saturated carbocycles. The number of aromatic carboxylic acids is 1. The summed E-state index contributed by atoms with van der Waals surface area (Å²) in [6, 6.07) is 4.15. The van der Waals surface area contributed by atoms with Crippen molar-refractivity contribution >= 4 is 11.7 Å². The summed E-state index contributed by atoms with van der Waals surface area (Å²) in [4.78, 5) is 11.0. The van der Waals surface area contributed by atoms with Gasteiger partial charge in [-0.1, -0.05) is 18.9 Å². The van der Waals surface area contributed by atoms with E-state index in [9.17, 15) is 14.3 Å². The number of carbonyl (C=O) groups is 1. The summed E-state index contributed by atoms with van der Waals surface area (Å²) in [5.74, 6) is -1.94. The summed E-state index contributed by atoms with van der Waals surface area (Å²) in [6.07, 6.45) is 3.42. The Kier molecular flexibility index (Phi) is 4.37. The van der Waals surface area contributed by atoms with Crippen molar-refractivity contribution < 1.29 is 19.4 Å². The molecule has 1 fully saturated rings. The quantitative estimate of drug-likeness (QED) is 0.784. The molecular formula is C14H18FNO3. The van der Waals surface area contributed by atoms with E-state index in [1.54, 1.807) is 6.07 Å². The van der Waals surface area contributed by atoms with E-state index in [2.05, 4.69) is 5.32 Å². The number of aliphatic hydroxyl groups excluding tert-OH is 1. The molecule has 0 amide bonds. The molecule has 3 N–H and O–H groups in total. The van der Waals surface area contributed by atoms with E-state index < -0.39 is 11.8 Å². The van der Waals surface area contributed by atoms with Gasteiger partial charge in [0.25, 0.3) is 0 Å². The van der Waals surface area contributed by atoms with Gasteiger partial charge < -0.3 is 15.5 Å². The third kappa shape index (κ3) is 3.23. The van der Waals surface area contributed by atoms with Gasteiger partial charge in [-0.25, -0.2) is 9.18 Å². The highest BCUT2D eigenvalue weighted by atomic mass is 19.1. The van der Waals surface area contributed by atoms with E-state index in [1.807, 2.05) is 0 Å². The lowest BCUT2D eigenvalue weighted by molar-refractivity contribution is 0.0693. The molecule has 0 aromatic heterocycles. The van der Waals surface area contributed by atoms with Gasteiger partial charge in [0.15, 0.2) is 0 Å². The van der Waals surface area contributed by atoms with Crippen molar-refractivity contribution in [2.24, 2.45) is 5.92 Å². The first-order valence-electron chi connectivity index (χ1n) is 6.53. The average Bonchev–Trinajstić information content (AvgIpc) is 2.37. The summed E-state index contributed by atoms with van der Waals surface area (Å²) in [5, 5.41) is 21.8. The molecule has 5 heteroatoms. The fourth-order valence-corrected chi connectivity index (χ4v) is 2.56. The first-order chi connectivity index (χ1) is 9.09. The molecule has 104 valence electrons. The fourth-order valence-electron chi connectivity index (χ4n) is 2.56. The van der Waals surface area contributed by atoms with Crippen LogP contribution in [0.25, 0.3) is 0 Å². The highest BCUT2D eigenvalue weighted by Gasteiger charge is 2.23. The summed E-state index contributed by atoms with van der Waals surface area (Å²) in [6.45, 7) is 0.463. The fraction of sp³-hybridized carbons (Fsp3) is 0.500. The summed E-state index contributed by atoms with van der Waals surface area (Å²) in [5.41, 5.74) is -0.0712. The molecule has 0 bridgehead atoms. The van der Waals surface area contributed by atoms with Crippen LogP contribution < -0.4 is 5.32 Å². The Morgan fingerprint density at radius 2 is 2.11 bits per heavy atom. The lowest BCUT2D eigenvalue weighted by Crippen LogP contribution is -2.30. The Hall–Kier alpha value is -1.62. The summed E-state index contributed by atoms with van der Waals surface area (Å²) >= 11 is 0. The molecule has 0 aliphatic heterocycles. The number of nitrogens with one attached hydrogen (secondary N) is 1. The van der Waals surface area contributed by atoms with Gasteiger partial charge in [-0.05, 0) is 25.0 Å². The zero-order valence-electron chi connectivity index (χ0n) is 10.6. The molecular weight excluding hydrogens is 249 g/mol. The van der Waals surface area contributed by atoms with E-state index in [-0.39, 0.29) is 23.3 Å². The zero-order valence-corrected chi connectivity index (χ0v) is 10.6. The van der Waals surface area contributed by atoms with E-state index in [0.29, 0.717) is 6.54 Å². The van der Waals surface area contributed by atoms with Crippen LogP contribution in [0.4, 0.5) is 10.1 Å². The molecule has 4 nitrogen and oxygen atoms in total. The van der Waals surface area contributed by atoms with Crippen LogP contribution in [0.1, 0.15) is 36.0 Å². The smallest absolute Gasteiger partial charge is 0.340 e. The second-order valence-corrected chi connectivity index (χ2v) is 4.96. The number of hydrogen-bond donors (Lipinski definition) is 3. The van der Waals surface area contributed by atoms with Gasteiger partial charge in [0.2, 0.25) is 0 Å². The molecule has 0 heterocycles. The molecule has 0 spiro atoms. The minimum absolute atomic E-state index is 0.0960. The lowest BCUT2D eigenvalue weighted by atomic mass is 9.86. The molecule has 1 aliphatic rings. The number of anilines is 1. The highest BCUT2D eigenvalue weighted by Crippen LogP contribution is 2.26. The minimum atomic E-state index is -1.29. The highest BCUT2D eigenvalue weighted by molar-refractivity contribution is 5.94. The Labute approximate surface area is 111 Å². The maximum atomic E-state index is 13.5. The molecule has 2 unspecified atom stereocenters. The van der Waals surface area contributed by atoms with Crippen molar-refractivity contribution in [3.05, 3.63) is 29.6 Å². The second-order valence-electron chi connectivity index (χ2n) is 4.96. The maximum Gasteiger partial charge on any atom is 0.340 e. The Balaban J connectivity index is 2.07. The third-order valence-corrected chi connectivity index (χ3v) is 3.65. The normalized spacial score (nSPS) is 23.1. The number of carboxylic acid groups (broad SMARTS) is 1. The number of hydrogen-bond acceptors (Lipinski definition) is 3. The van der Waals surface area contributed by atoms with Crippen LogP contribution in [0, 0.1) is 11.7 Å². The Morgan fingerprint density at radius 3 is 2.79 bits per heavy atom. The van der Waals surface area contributed by atoms with Gasteiger partial charge in [-0.15, -0.1) is 0 Å². The van der Waals surface area contributed by atoms with Crippen LogP contribution in [-0.4, -0.2) is 28.8 Å². The third-order valence-electron chi connectivity index (χ3n) is 3.65. The Bertz CT molecular complexity index is 464. The molecule has 1 aromatic rings. The average molecular weight is 267 g/mol. The standard InChI is InChI=1S/C14H18FNO3/c15-10-5-3-6-11(13(10)14(18)19)16-8-9-4-1-2-7-12(9)17/h3,5-6,9,12,16-17H,1-2,4,7-8H2,(H,18,19). The van der Waals surface area contributed by atoms with Crippen molar-refractivity contribution in [2.45, 2.75) is 31.8 Å². The van der Waals surface area contributed by atoms with Crippen molar-refractivity contribution in [3.63, 3.8) is 0 Å². The zero-order chi connectivity index (χ0) is 13.8. The minimum Gasteiger partial charge on any atom is -0.478 e.